The molecule has 1 heterocycles. The predicted molar refractivity (Wildman–Crippen MR) is 58.9 cm³/mol. The highest BCUT2D eigenvalue weighted by Crippen LogP contribution is 2.17. The van der Waals surface area contributed by atoms with Crippen LogP contribution < -0.4 is 5.32 Å². The van der Waals surface area contributed by atoms with E-state index >= 15 is 0 Å². The average Bonchev–Trinajstić information content (AvgIpc) is 2.65. The Morgan fingerprint density at radius 1 is 1.47 bits per heavy atom. The number of carbonyl (C=O) groups is 1. The third-order valence-electron chi connectivity index (χ3n) is 2.08. The molecule has 0 saturated heterocycles. The largest absolute Gasteiger partial charge is 0.450 e. The minimum atomic E-state index is -0.424. The fourth-order valence-electron chi connectivity index (χ4n) is 1.42. The van der Waals surface area contributed by atoms with Crippen molar-refractivity contribution in [3.8, 4) is 0 Å². The van der Waals surface area contributed by atoms with E-state index in [0.29, 0.717) is 6.61 Å². The third-order valence-corrected chi connectivity index (χ3v) is 2.08. The van der Waals surface area contributed by atoms with Crippen molar-refractivity contribution in [3.05, 3.63) is 30.5 Å². The van der Waals surface area contributed by atoms with Gasteiger partial charge in [0.2, 0.25) is 0 Å². The Balaban J connectivity index is 2.17. The van der Waals surface area contributed by atoms with Crippen molar-refractivity contribution in [3.63, 3.8) is 0 Å². The third kappa shape index (κ3) is 2.10. The fourth-order valence-corrected chi connectivity index (χ4v) is 1.42. The number of fused-ring (bicyclic) bond motifs is 1. The second-order valence-electron chi connectivity index (χ2n) is 3.13. The van der Waals surface area contributed by atoms with Crippen LogP contribution in [0.3, 0.4) is 0 Å². The van der Waals surface area contributed by atoms with Crippen molar-refractivity contribution in [2.45, 2.75) is 6.92 Å². The first-order valence-corrected chi connectivity index (χ1v) is 4.80. The molecule has 2 rings (SSSR count). The summed E-state index contributed by atoms with van der Waals surface area (Å²) < 4.78 is 4.78. The number of aromatic nitrogens is 1. The fraction of sp³-hybridized carbons (Fsp3) is 0.182. The average molecular weight is 204 g/mol. The number of H-pyrrole nitrogens is 1. The van der Waals surface area contributed by atoms with Crippen molar-refractivity contribution in [1.82, 2.24) is 4.98 Å². The summed E-state index contributed by atoms with van der Waals surface area (Å²) in [6, 6.07) is 7.58. The topological polar surface area (TPSA) is 54.1 Å². The second kappa shape index (κ2) is 4.04. The van der Waals surface area contributed by atoms with Gasteiger partial charge in [-0.3, -0.25) is 5.32 Å². The maximum absolute atomic E-state index is 11.1. The number of benzene rings is 1. The van der Waals surface area contributed by atoms with Gasteiger partial charge in [0.15, 0.2) is 0 Å². The number of anilines is 1. The van der Waals surface area contributed by atoms with Crippen LogP contribution in [0.15, 0.2) is 30.5 Å². The molecule has 1 amide bonds. The van der Waals surface area contributed by atoms with E-state index in [-0.39, 0.29) is 0 Å². The van der Waals surface area contributed by atoms with Crippen LogP contribution in [-0.4, -0.2) is 17.7 Å². The van der Waals surface area contributed by atoms with Gasteiger partial charge in [0, 0.05) is 22.8 Å². The molecule has 1 aromatic carbocycles. The summed E-state index contributed by atoms with van der Waals surface area (Å²) in [7, 11) is 0. The molecule has 0 aliphatic carbocycles. The summed E-state index contributed by atoms with van der Waals surface area (Å²) >= 11 is 0. The van der Waals surface area contributed by atoms with E-state index in [1.807, 2.05) is 30.5 Å². The number of amides is 1. The molecular formula is C11H12N2O2. The van der Waals surface area contributed by atoms with Gasteiger partial charge in [0.25, 0.3) is 0 Å². The summed E-state index contributed by atoms with van der Waals surface area (Å²) in [5, 5.41) is 3.71. The molecule has 15 heavy (non-hydrogen) atoms. The molecule has 2 N–H and O–H groups in total. The molecule has 0 aliphatic rings. The zero-order chi connectivity index (χ0) is 10.7. The summed E-state index contributed by atoms with van der Waals surface area (Å²) in [6.07, 6.45) is 1.44. The first-order valence-electron chi connectivity index (χ1n) is 4.80. The van der Waals surface area contributed by atoms with Crippen LogP contribution in [0.2, 0.25) is 0 Å². The van der Waals surface area contributed by atoms with Gasteiger partial charge < -0.3 is 9.72 Å². The molecule has 0 spiro atoms. The Morgan fingerprint density at radius 2 is 2.33 bits per heavy atom. The Morgan fingerprint density at radius 3 is 3.13 bits per heavy atom. The maximum atomic E-state index is 11.1. The van der Waals surface area contributed by atoms with Crippen LogP contribution in [0.5, 0.6) is 0 Å². The minimum absolute atomic E-state index is 0.373. The molecule has 0 bridgehead atoms. The number of aromatic amines is 1. The lowest BCUT2D eigenvalue weighted by atomic mass is 10.2. The highest BCUT2D eigenvalue weighted by molar-refractivity contribution is 5.89. The summed E-state index contributed by atoms with van der Waals surface area (Å²) in [4.78, 5) is 14.2. The van der Waals surface area contributed by atoms with E-state index in [0.717, 1.165) is 16.6 Å². The molecule has 4 nitrogen and oxygen atoms in total. The highest BCUT2D eigenvalue weighted by atomic mass is 16.5. The monoisotopic (exact) mass is 204 g/mol. The molecule has 0 fully saturated rings. The first kappa shape index (κ1) is 9.58. The van der Waals surface area contributed by atoms with Crippen LogP contribution in [0.4, 0.5) is 10.5 Å². The normalized spacial score (nSPS) is 10.2. The van der Waals surface area contributed by atoms with Crippen molar-refractivity contribution < 1.29 is 9.53 Å². The van der Waals surface area contributed by atoms with E-state index in [9.17, 15) is 4.79 Å². The van der Waals surface area contributed by atoms with E-state index < -0.39 is 6.09 Å². The molecule has 4 heteroatoms. The van der Waals surface area contributed by atoms with Crippen LogP contribution in [0.25, 0.3) is 10.9 Å². The number of nitrogens with one attached hydrogen (secondary N) is 2. The van der Waals surface area contributed by atoms with Crippen molar-refractivity contribution in [1.29, 1.82) is 0 Å². The lowest BCUT2D eigenvalue weighted by molar-refractivity contribution is 0.168. The smallest absolute Gasteiger partial charge is 0.411 e. The maximum Gasteiger partial charge on any atom is 0.411 e. The van der Waals surface area contributed by atoms with Gasteiger partial charge in [-0.2, -0.15) is 0 Å². The molecule has 0 atom stereocenters. The van der Waals surface area contributed by atoms with Crippen molar-refractivity contribution in [2.75, 3.05) is 11.9 Å². The van der Waals surface area contributed by atoms with Gasteiger partial charge in [-0.25, -0.2) is 4.79 Å². The van der Waals surface area contributed by atoms with E-state index in [4.69, 9.17) is 4.74 Å². The lowest BCUT2D eigenvalue weighted by Gasteiger charge is -2.04. The molecule has 0 radical (unpaired) electrons. The number of hydrogen-bond donors (Lipinski definition) is 2. The first-order chi connectivity index (χ1) is 7.29. The van der Waals surface area contributed by atoms with Crippen LogP contribution in [0.1, 0.15) is 6.92 Å². The Labute approximate surface area is 87.2 Å². The van der Waals surface area contributed by atoms with Gasteiger partial charge in [-0.1, -0.05) is 0 Å². The number of hydrogen-bond acceptors (Lipinski definition) is 2. The van der Waals surface area contributed by atoms with Gasteiger partial charge in [0.05, 0.1) is 6.61 Å². The second-order valence-corrected chi connectivity index (χ2v) is 3.13. The molecule has 0 aliphatic heterocycles. The van der Waals surface area contributed by atoms with Gasteiger partial charge in [0.1, 0.15) is 0 Å². The molecular weight excluding hydrogens is 192 g/mol. The molecule has 1 aromatic heterocycles. The minimum Gasteiger partial charge on any atom is -0.450 e. The standard InChI is InChI=1S/C11H12N2O2/c1-2-15-11(14)13-9-3-4-10-8(7-9)5-6-12-10/h3-7,12H,2H2,1H3,(H,13,14). The molecule has 2 aromatic rings. The molecule has 0 unspecified atom stereocenters. The van der Waals surface area contributed by atoms with E-state index in [1.54, 1.807) is 6.92 Å². The quantitative estimate of drug-likeness (QED) is 0.790. The Bertz CT molecular complexity index is 476. The van der Waals surface area contributed by atoms with Crippen molar-refractivity contribution in [2.24, 2.45) is 0 Å². The lowest BCUT2D eigenvalue weighted by Crippen LogP contribution is -2.12. The Hall–Kier alpha value is -1.97. The van der Waals surface area contributed by atoms with Gasteiger partial charge in [-0.05, 0) is 31.2 Å². The summed E-state index contributed by atoms with van der Waals surface area (Å²) in [6.45, 7) is 2.15. The van der Waals surface area contributed by atoms with E-state index in [2.05, 4.69) is 10.3 Å². The SMILES string of the molecule is CCOC(=O)Nc1ccc2[nH]ccc2c1. The highest BCUT2D eigenvalue weighted by Gasteiger charge is 2.02. The predicted octanol–water partition coefficient (Wildman–Crippen LogP) is 2.74. The molecule has 0 saturated carbocycles. The summed E-state index contributed by atoms with van der Waals surface area (Å²) in [5.74, 6) is 0. The number of carbonyl (C=O) groups excluding carboxylic acids is 1. The van der Waals surface area contributed by atoms with Gasteiger partial charge in [-0.15, -0.1) is 0 Å². The van der Waals surface area contributed by atoms with E-state index in [1.165, 1.54) is 0 Å². The van der Waals surface area contributed by atoms with Crippen molar-refractivity contribution >= 4 is 22.7 Å². The van der Waals surface area contributed by atoms with Crippen LogP contribution >= 0.6 is 0 Å². The number of ether oxygens (including phenoxy) is 1. The van der Waals surface area contributed by atoms with Crippen LogP contribution in [0, 0.1) is 0 Å². The molecule has 78 valence electrons. The van der Waals surface area contributed by atoms with Crippen LogP contribution in [-0.2, 0) is 4.74 Å². The Kier molecular flexibility index (Phi) is 2.58. The zero-order valence-electron chi connectivity index (χ0n) is 8.41. The van der Waals surface area contributed by atoms with Gasteiger partial charge >= 0.3 is 6.09 Å². The number of rotatable bonds is 2. The summed E-state index contributed by atoms with van der Waals surface area (Å²) in [5.41, 5.74) is 1.78. The zero-order valence-corrected chi connectivity index (χ0v) is 8.41.